The maximum Gasteiger partial charge on any atom is 0.339 e. The van der Waals surface area contributed by atoms with Crippen LogP contribution >= 0.6 is 0 Å². The smallest absolute Gasteiger partial charge is 0.339 e. The van der Waals surface area contributed by atoms with Gasteiger partial charge in [0.2, 0.25) is 0 Å². The molecule has 1 unspecified atom stereocenters. The number of aromatic nitrogens is 3. The number of esters is 1. The highest BCUT2D eigenvalue weighted by Crippen LogP contribution is 2.21. The van der Waals surface area contributed by atoms with Gasteiger partial charge < -0.3 is 14.5 Å². The lowest BCUT2D eigenvalue weighted by Crippen LogP contribution is -2.31. The van der Waals surface area contributed by atoms with Crippen LogP contribution in [0.1, 0.15) is 54.7 Å². The summed E-state index contributed by atoms with van der Waals surface area (Å²) in [6, 6.07) is 4.94. The minimum Gasteiger partial charge on any atom is -0.467 e. The molecule has 8 heteroatoms. The summed E-state index contributed by atoms with van der Waals surface area (Å²) in [7, 11) is 0. The van der Waals surface area contributed by atoms with E-state index >= 15 is 0 Å². The Morgan fingerprint density at radius 2 is 2.11 bits per heavy atom. The normalized spacial score (nSPS) is 12.3. The van der Waals surface area contributed by atoms with Gasteiger partial charge in [-0.3, -0.25) is 4.79 Å². The topological polar surface area (TPSA) is 99.3 Å². The maximum atomic E-state index is 12.5. The Morgan fingerprint density at radius 1 is 1.33 bits per heavy atom. The average Bonchev–Trinajstić information content (AvgIpc) is 3.28. The molecule has 0 aromatic carbocycles. The average molecular weight is 370 g/mol. The third-order valence-electron chi connectivity index (χ3n) is 4.09. The van der Waals surface area contributed by atoms with Gasteiger partial charge in [0.15, 0.2) is 12.3 Å². The summed E-state index contributed by atoms with van der Waals surface area (Å²) in [6.45, 7) is 7.17. The molecule has 0 aliphatic heterocycles. The summed E-state index contributed by atoms with van der Waals surface area (Å²) in [6.07, 6.45) is 3.13. The summed E-state index contributed by atoms with van der Waals surface area (Å²) in [5.74, 6) is -0.371. The summed E-state index contributed by atoms with van der Waals surface area (Å²) in [5.41, 5.74) is 1.64. The Bertz CT molecular complexity index is 960. The lowest BCUT2D eigenvalue weighted by Gasteiger charge is -2.12. The first kappa shape index (κ1) is 18.6. The zero-order valence-corrected chi connectivity index (χ0v) is 15.7. The molecule has 0 bridgehead atoms. The fourth-order valence-electron chi connectivity index (χ4n) is 2.79. The molecule has 3 heterocycles. The molecule has 1 atom stereocenters. The minimum atomic E-state index is -0.588. The number of nitrogens with one attached hydrogen (secondary N) is 1. The van der Waals surface area contributed by atoms with E-state index in [9.17, 15) is 9.59 Å². The fraction of sp³-hybridized carbons (Fsp3) is 0.368. The second kappa shape index (κ2) is 7.61. The molecular formula is C19H22N4O4. The van der Waals surface area contributed by atoms with Crippen molar-refractivity contribution in [1.29, 1.82) is 0 Å². The van der Waals surface area contributed by atoms with E-state index in [2.05, 4.69) is 15.4 Å². The highest BCUT2D eigenvalue weighted by Gasteiger charge is 2.19. The van der Waals surface area contributed by atoms with Crippen LogP contribution in [-0.4, -0.2) is 33.2 Å². The molecule has 0 saturated carbocycles. The van der Waals surface area contributed by atoms with Crippen LogP contribution < -0.4 is 5.32 Å². The molecule has 0 aliphatic carbocycles. The number of pyridine rings is 1. The molecule has 0 spiro atoms. The van der Waals surface area contributed by atoms with Crippen molar-refractivity contribution in [1.82, 2.24) is 20.1 Å². The second-order valence-electron chi connectivity index (χ2n) is 6.61. The van der Waals surface area contributed by atoms with Crippen LogP contribution in [0.15, 0.2) is 35.1 Å². The standard InChI is InChI=1S/C19H22N4O4/c1-11(2)23-18-15(9-20-23)14(8-12(3)21-18)19(25)27-10-17(24)22-13(4)16-6-5-7-26-16/h5-9,11,13H,10H2,1-4H3,(H,22,24). The van der Waals surface area contributed by atoms with Crippen LogP contribution in [0.25, 0.3) is 11.0 Å². The number of nitrogens with zero attached hydrogens (tertiary/aromatic N) is 3. The van der Waals surface area contributed by atoms with Gasteiger partial charge in [-0.1, -0.05) is 0 Å². The van der Waals surface area contributed by atoms with E-state index in [0.717, 1.165) is 0 Å². The first-order valence-electron chi connectivity index (χ1n) is 8.71. The molecule has 1 N–H and O–H groups in total. The van der Waals surface area contributed by atoms with Gasteiger partial charge in [0.05, 0.1) is 29.5 Å². The highest BCUT2D eigenvalue weighted by molar-refractivity contribution is 6.03. The number of carbonyl (C=O) groups excluding carboxylic acids is 2. The number of carbonyl (C=O) groups is 2. The summed E-state index contributed by atoms with van der Waals surface area (Å²) in [4.78, 5) is 29.0. The van der Waals surface area contributed by atoms with Gasteiger partial charge in [-0.25, -0.2) is 14.5 Å². The van der Waals surface area contributed by atoms with Gasteiger partial charge in [-0.2, -0.15) is 5.10 Å². The second-order valence-corrected chi connectivity index (χ2v) is 6.61. The number of amides is 1. The monoisotopic (exact) mass is 370 g/mol. The fourth-order valence-corrected chi connectivity index (χ4v) is 2.79. The van der Waals surface area contributed by atoms with E-state index in [4.69, 9.17) is 9.15 Å². The summed E-state index contributed by atoms with van der Waals surface area (Å²) >= 11 is 0. The summed E-state index contributed by atoms with van der Waals surface area (Å²) in [5, 5.41) is 7.62. The van der Waals surface area contributed by atoms with E-state index in [-0.39, 0.29) is 18.7 Å². The quantitative estimate of drug-likeness (QED) is 0.670. The Labute approximate surface area is 156 Å². The first-order chi connectivity index (χ1) is 12.9. The Hall–Kier alpha value is -3.16. The SMILES string of the molecule is Cc1cc(C(=O)OCC(=O)NC(C)c2ccco2)c2cnn(C(C)C)c2n1. The van der Waals surface area contributed by atoms with Gasteiger partial charge in [0.1, 0.15) is 5.76 Å². The Kier molecular flexibility index (Phi) is 5.25. The zero-order chi connectivity index (χ0) is 19.6. The molecule has 142 valence electrons. The zero-order valence-electron chi connectivity index (χ0n) is 15.7. The van der Waals surface area contributed by atoms with Crippen LogP contribution in [0, 0.1) is 6.92 Å². The van der Waals surface area contributed by atoms with E-state index in [1.807, 2.05) is 13.8 Å². The van der Waals surface area contributed by atoms with Crippen molar-refractivity contribution in [3.05, 3.63) is 47.7 Å². The molecular weight excluding hydrogens is 348 g/mol. The van der Waals surface area contributed by atoms with Crippen molar-refractivity contribution in [3.63, 3.8) is 0 Å². The van der Waals surface area contributed by atoms with Crippen LogP contribution in [0.3, 0.4) is 0 Å². The van der Waals surface area contributed by atoms with Crippen molar-refractivity contribution in [2.75, 3.05) is 6.61 Å². The van der Waals surface area contributed by atoms with E-state index < -0.39 is 11.9 Å². The largest absolute Gasteiger partial charge is 0.467 e. The van der Waals surface area contributed by atoms with Crippen molar-refractivity contribution in [2.45, 2.75) is 39.8 Å². The van der Waals surface area contributed by atoms with Gasteiger partial charge in [0.25, 0.3) is 5.91 Å². The Morgan fingerprint density at radius 3 is 2.78 bits per heavy atom. The van der Waals surface area contributed by atoms with Gasteiger partial charge >= 0.3 is 5.97 Å². The number of furan rings is 1. The molecule has 0 aliphatic rings. The molecule has 3 rings (SSSR count). The molecule has 27 heavy (non-hydrogen) atoms. The number of aryl methyl sites for hydroxylation is 1. The molecule has 1 amide bonds. The van der Waals surface area contributed by atoms with Crippen LogP contribution in [-0.2, 0) is 9.53 Å². The Balaban J connectivity index is 1.70. The molecule has 3 aromatic heterocycles. The van der Waals surface area contributed by atoms with E-state index in [0.29, 0.717) is 28.1 Å². The van der Waals surface area contributed by atoms with Crippen LogP contribution in [0.2, 0.25) is 0 Å². The lowest BCUT2D eigenvalue weighted by atomic mass is 10.1. The van der Waals surface area contributed by atoms with E-state index in [1.54, 1.807) is 42.9 Å². The molecule has 0 radical (unpaired) electrons. The molecule has 8 nitrogen and oxygen atoms in total. The van der Waals surface area contributed by atoms with Gasteiger partial charge in [-0.05, 0) is 45.9 Å². The number of ether oxygens (including phenoxy) is 1. The molecule has 0 saturated heterocycles. The number of rotatable bonds is 6. The van der Waals surface area contributed by atoms with Gasteiger partial charge in [-0.15, -0.1) is 0 Å². The van der Waals surface area contributed by atoms with Crippen molar-refractivity contribution < 1.29 is 18.7 Å². The van der Waals surface area contributed by atoms with Crippen molar-refractivity contribution >= 4 is 22.9 Å². The number of hydrogen-bond donors (Lipinski definition) is 1. The van der Waals surface area contributed by atoms with E-state index in [1.165, 1.54) is 6.26 Å². The molecule has 0 fully saturated rings. The predicted octanol–water partition coefficient (Wildman–Crippen LogP) is 2.95. The van der Waals surface area contributed by atoms with Crippen molar-refractivity contribution in [2.24, 2.45) is 0 Å². The maximum absolute atomic E-state index is 12.5. The number of fused-ring (bicyclic) bond motifs is 1. The lowest BCUT2D eigenvalue weighted by molar-refractivity contribution is -0.125. The third kappa shape index (κ3) is 3.99. The highest BCUT2D eigenvalue weighted by atomic mass is 16.5. The predicted molar refractivity (Wildman–Crippen MR) is 98.2 cm³/mol. The third-order valence-corrected chi connectivity index (χ3v) is 4.09. The molecule has 3 aromatic rings. The van der Waals surface area contributed by atoms with Crippen LogP contribution in [0.5, 0.6) is 0 Å². The number of hydrogen-bond acceptors (Lipinski definition) is 6. The van der Waals surface area contributed by atoms with Crippen LogP contribution in [0.4, 0.5) is 0 Å². The first-order valence-corrected chi connectivity index (χ1v) is 8.71. The summed E-state index contributed by atoms with van der Waals surface area (Å²) < 4.78 is 12.2. The van der Waals surface area contributed by atoms with Gasteiger partial charge in [0, 0.05) is 11.7 Å². The van der Waals surface area contributed by atoms with Crippen molar-refractivity contribution in [3.8, 4) is 0 Å². The minimum absolute atomic E-state index is 0.106.